The van der Waals surface area contributed by atoms with Crippen molar-refractivity contribution in [3.8, 4) is 11.5 Å². The number of ketones is 1. The topological polar surface area (TPSA) is 52.5 Å². The van der Waals surface area contributed by atoms with E-state index in [9.17, 15) is 4.79 Å². The molecule has 0 saturated heterocycles. The summed E-state index contributed by atoms with van der Waals surface area (Å²) in [6, 6.07) is 15.7. The van der Waals surface area contributed by atoms with Crippen LogP contribution in [0.4, 0.5) is 0 Å². The van der Waals surface area contributed by atoms with Crippen molar-refractivity contribution < 1.29 is 14.3 Å². The van der Waals surface area contributed by atoms with Gasteiger partial charge in [0.1, 0.15) is 18.1 Å². The zero-order valence-electron chi connectivity index (χ0n) is 16.8. The molecule has 1 aromatic heterocycles. The van der Waals surface area contributed by atoms with Crippen LogP contribution in [0.25, 0.3) is 10.9 Å². The van der Waals surface area contributed by atoms with Gasteiger partial charge in [0.15, 0.2) is 5.78 Å². The molecule has 3 aromatic rings. The van der Waals surface area contributed by atoms with Gasteiger partial charge in [-0.1, -0.05) is 37.3 Å². The maximum absolute atomic E-state index is 12.0. The zero-order chi connectivity index (χ0) is 19.9. The molecule has 3 rings (SSSR count). The first-order valence-corrected chi connectivity index (χ1v) is 9.65. The third-order valence-electron chi connectivity index (χ3n) is 4.75. The molecule has 1 atom stereocenters. The predicted octanol–water partition coefficient (Wildman–Crippen LogP) is 4.16. The number of nitrogens with one attached hydrogen (secondary N) is 1. The average molecular weight is 380 g/mol. The van der Waals surface area contributed by atoms with Crippen LogP contribution in [0.1, 0.15) is 24.2 Å². The van der Waals surface area contributed by atoms with E-state index >= 15 is 0 Å². The molecule has 1 heterocycles. The highest BCUT2D eigenvalue weighted by molar-refractivity contribution is 6.08. The van der Waals surface area contributed by atoms with Crippen LogP contribution < -0.4 is 14.8 Å². The summed E-state index contributed by atoms with van der Waals surface area (Å²) in [5.41, 5.74) is 1.72. The fraction of sp³-hybridized carbons (Fsp3) is 0.348. The van der Waals surface area contributed by atoms with E-state index in [1.165, 1.54) is 0 Å². The molecule has 0 radical (unpaired) electrons. The van der Waals surface area contributed by atoms with E-state index in [-0.39, 0.29) is 5.78 Å². The van der Waals surface area contributed by atoms with Crippen LogP contribution in [0.3, 0.4) is 0 Å². The molecule has 0 bridgehead atoms. The maximum atomic E-state index is 12.0. The highest BCUT2D eigenvalue weighted by Gasteiger charge is 2.16. The van der Waals surface area contributed by atoms with Crippen molar-refractivity contribution in [1.29, 1.82) is 0 Å². The number of hydrogen-bond acceptors (Lipinski definition) is 4. The van der Waals surface area contributed by atoms with Gasteiger partial charge in [-0.3, -0.25) is 4.79 Å². The molecule has 28 heavy (non-hydrogen) atoms. The molecule has 5 nitrogen and oxygen atoms in total. The van der Waals surface area contributed by atoms with Gasteiger partial charge in [0.05, 0.1) is 12.6 Å². The number of hydrogen-bond donors (Lipinski definition) is 1. The van der Waals surface area contributed by atoms with E-state index in [0.29, 0.717) is 12.5 Å². The summed E-state index contributed by atoms with van der Waals surface area (Å²) >= 11 is 0. The van der Waals surface area contributed by atoms with E-state index in [1.807, 2.05) is 54.7 Å². The van der Waals surface area contributed by atoms with Gasteiger partial charge in [0.25, 0.3) is 0 Å². The number of aromatic nitrogens is 1. The van der Waals surface area contributed by atoms with E-state index in [0.717, 1.165) is 47.6 Å². The molecule has 1 unspecified atom stereocenters. The Balaban J connectivity index is 1.58. The van der Waals surface area contributed by atoms with Crippen LogP contribution in [0.2, 0.25) is 0 Å². The zero-order valence-corrected chi connectivity index (χ0v) is 16.8. The molecule has 0 spiro atoms. The van der Waals surface area contributed by atoms with Gasteiger partial charge in [-0.05, 0) is 37.6 Å². The van der Waals surface area contributed by atoms with Gasteiger partial charge in [0, 0.05) is 30.2 Å². The standard InChI is InChI=1S/C23H28N2O3/c1-17(14-24-12-13-28-19-8-5-4-6-9-19)15-25-16-21(18(2)26)20-10-7-11-22(27-3)23(20)25/h4-11,16-17,24H,12-15H2,1-3H3. The molecule has 1 N–H and O–H groups in total. The van der Waals surface area contributed by atoms with Crippen molar-refractivity contribution in [1.82, 2.24) is 9.88 Å². The minimum Gasteiger partial charge on any atom is -0.495 e. The molecule has 0 aliphatic heterocycles. The SMILES string of the molecule is COc1cccc2c(C(C)=O)cn(CC(C)CNCCOc3ccccc3)c12. The number of Topliss-reactive ketones (excluding diaryl/α,β-unsaturated/α-hetero) is 1. The number of nitrogens with zero attached hydrogens (tertiary/aromatic N) is 1. The van der Waals surface area contributed by atoms with Crippen LogP contribution >= 0.6 is 0 Å². The molecule has 2 aromatic carbocycles. The van der Waals surface area contributed by atoms with Crippen molar-refractivity contribution in [2.24, 2.45) is 5.92 Å². The lowest BCUT2D eigenvalue weighted by atomic mass is 10.1. The number of fused-ring (bicyclic) bond motifs is 1. The molecule has 0 fully saturated rings. The molecule has 0 aliphatic rings. The molecule has 148 valence electrons. The van der Waals surface area contributed by atoms with Gasteiger partial charge in [-0.25, -0.2) is 0 Å². The number of carbonyl (C=O) groups excluding carboxylic acids is 1. The molecule has 5 heteroatoms. The van der Waals surface area contributed by atoms with Gasteiger partial charge in [-0.2, -0.15) is 0 Å². The van der Waals surface area contributed by atoms with Gasteiger partial charge >= 0.3 is 0 Å². The quantitative estimate of drug-likeness (QED) is 0.424. The number of ether oxygens (including phenoxy) is 2. The van der Waals surface area contributed by atoms with Crippen LogP contribution in [0.5, 0.6) is 11.5 Å². The minimum absolute atomic E-state index is 0.0702. The summed E-state index contributed by atoms with van der Waals surface area (Å²) in [5.74, 6) is 2.14. The van der Waals surface area contributed by atoms with Crippen molar-refractivity contribution in [3.05, 3.63) is 60.3 Å². The normalized spacial score (nSPS) is 12.1. The number of benzene rings is 2. The predicted molar refractivity (Wildman–Crippen MR) is 112 cm³/mol. The van der Waals surface area contributed by atoms with Crippen LogP contribution in [-0.4, -0.2) is 37.2 Å². The third kappa shape index (κ3) is 4.73. The maximum Gasteiger partial charge on any atom is 0.161 e. The van der Waals surface area contributed by atoms with Crippen molar-refractivity contribution in [3.63, 3.8) is 0 Å². The molecule has 0 amide bonds. The Hall–Kier alpha value is -2.79. The van der Waals surface area contributed by atoms with Gasteiger partial charge in [0.2, 0.25) is 0 Å². The van der Waals surface area contributed by atoms with Crippen LogP contribution in [0, 0.1) is 5.92 Å². The summed E-state index contributed by atoms with van der Waals surface area (Å²) in [4.78, 5) is 12.0. The van der Waals surface area contributed by atoms with E-state index in [2.05, 4.69) is 16.8 Å². The highest BCUT2D eigenvalue weighted by Crippen LogP contribution is 2.30. The third-order valence-corrected chi connectivity index (χ3v) is 4.75. The largest absolute Gasteiger partial charge is 0.495 e. The Labute approximate surface area is 166 Å². The number of carbonyl (C=O) groups is 1. The Morgan fingerprint density at radius 1 is 1.14 bits per heavy atom. The van der Waals surface area contributed by atoms with Crippen LogP contribution in [0.15, 0.2) is 54.7 Å². The first kappa shape index (κ1) is 20.0. The van der Waals surface area contributed by atoms with Crippen molar-refractivity contribution in [2.75, 3.05) is 26.8 Å². The second-order valence-electron chi connectivity index (χ2n) is 7.08. The molecular weight excluding hydrogens is 352 g/mol. The van der Waals surface area contributed by atoms with Gasteiger partial charge in [-0.15, -0.1) is 0 Å². The summed E-state index contributed by atoms with van der Waals surface area (Å²) < 4.78 is 13.4. The fourth-order valence-electron chi connectivity index (χ4n) is 3.42. The number of rotatable bonds is 10. The Morgan fingerprint density at radius 2 is 1.93 bits per heavy atom. The molecule has 0 aliphatic carbocycles. The smallest absolute Gasteiger partial charge is 0.161 e. The monoisotopic (exact) mass is 380 g/mol. The lowest BCUT2D eigenvalue weighted by Crippen LogP contribution is -2.27. The van der Waals surface area contributed by atoms with E-state index in [4.69, 9.17) is 9.47 Å². The lowest BCUT2D eigenvalue weighted by molar-refractivity contribution is 0.101. The minimum atomic E-state index is 0.0702. The second-order valence-corrected chi connectivity index (χ2v) is 7.08. The van der Waals surface area contributed by atoms with Crippen molar-refractivity contribution in [2.45, 2.75) is 20.4 Å². The lowest BCUT2D eigenvalue weighted by Gasteiger charge is -2.16. The number of para-hydroxylation sites is 2. The summed E-state index contributed by atoms with van der Waals surface area (Å²) in [6.07, 6.45) is 1.95. The van der Waals surface area contributed by atoms with Gasteiger partial charge < -0.3 is 19.4 Å². The highest BCUT2D eigenvalue weighted by atomic mass is 16.5. The molecule has 0 saturated carbocycles. The first-order chi connectivity index (χ1) is 13.6. The number of methoxy groups -OCH3 is 1. The summed E-state index contributed by atoms with van der Waals surface area (Å²) in [6.45, 7) is 6.88. The Kier molecular flexibility index (Phi) is 6.71. The van der Waals surface area contributed by atoms with Crippen LogP contribution in [-0.2, 0) is 6.54 Å². The van der Waals surface area contributed by atoms with E-state index < -0.39 is 0 Å². The van der Waals surface area contributed by atoms with E-state index in [1.54, 1.807) is 14.0 Å². The fourth-order valence-corrected chi connectivity index (χ4v) is 3.42. The summed E-state index contributed by atoms with van der Waals surface area (Å²) in [5, 5.41) is 4.39. The second kappa shape index (κ2) is 9.42. The first-order valence-electron chi connectivity index (χ1n) is 9.65. The summed E-state index contributed by atoms with van der Waals surface area (Å²) in [7, 11) is 1.66. The van der Waals surface area contributed by atoms with Crippen molar-refractivity contribution >= 4 is 16.7 Å². The molecular formula is C23H28N2O3. The average Bonchev–Trinajstić information content (AvgIpc) is 3.07. The Morgan fingerprint density at radius 3 is 2.64 bits per heavy atom. The Bertz CT molecular complexity index is 918.